The number of rotatable bonds is 3. The van der Waals surface area contributed by atoms with Crippen molar-refractivity contribution in [3.63, 3.8) is 0 Å². The Morgan fingerprint density at radius 1 is 1.44 bits per heavy atom. The molecule has 0 radical (unpaired) electrons. The Kier molecular flexibility index (Phi) is 4.25. The van der Waals surface area contributed by atoms with E-state index < -0.39 is 11.7 Å². The van der Waals surface area contributed by atoms with Gasteiger partial charge in [-0.05, 0) is 18.2 Å². The molecule has 0 saturated heterocycles. The molecule has 4 nitrogen and oxygen atoms in total. The fourth-order valence-corrected chi connectivity index (χ4v) is 1.19. The highest BCUT2D eigenvalue weighted by atomic mass is 35.5. The third-order valence-electron chi connectivity index (χ3n) is 1.86. The molecule has 16 heavy (non-hydrogen) atoms. The molecule has 0 heterocycles. The number of hydrogen-bond donors (Lipinski definition) is 2. The molecule has 0 bridgehead atoms. The van der Waals surface area contributed by atoms with Crippen LogP contribution in [0.3, 0.4) is 0 Å². The zero-order valence-electron chi connectivity index (χ0n) is 8.51. The minimum Gasteiger partial charge on any atom is -0.358 e. The van der Waals surface area contributed by atoms with Crippen LogP contribution < -0.4 is 10.6 Å². The van der Waals surface area contributed by atoms with Gasteiger partial charge in [-0.3, -0.25) is 9.59 Å². The van der Waals surface area contributed by atoms with E-state index in [2.05, 4.69) is 10.6 Å². The zero-order chi connectivity index (χ0) is 12.1. The van der Waals surface area contributed by atoms with Crippen LogP contribution in [0, 0.1) is 5.82 Å². The van der Waals surface area contributed by atoms with Crippen LogP contribution in [-0.2, 0) is 4.79 Å². The molecule has 0 unspecified atom stereocenters. The fourth-order valence-electron chi connectivity index (χ4n) is 1.02. The number of nitrogens with one attached hydrogen (secondary N) is 2. The second-order valence-corrected chi connectivity index (χ2v) is 3.42. The molecule has 0 atom stereocenters. The molecule has 1 aromatic rings. The van der Waals surface area contributed by atoms with Crippen molar-refractivity contribution in [3.05, 3.63) is 34.6 Å². The molecule has 0 aliphatic carbocycles. The first-order chi connectivity index (χ1) is 7.54. The van der Waals surface area contributed by atoms with Crippen LogP contribution in [0.5, 0.6) is 0 Å². The standard InChI is InChI=1S/C10H10ClFN2O2/c1-13-9(15)5-14-10(16)7-4-6(11)2-3-8(7)12/h2-4H,5H2,1H3,(H,13,15)(H,14,16). The van der Waals surface area contributed by atoms with E-state index in [-0.39, 0.29) is 23.0 Å². The Hall–Kier alpha value is -1.62. The van der Waals surface area contributed by atoms with Crippen molar-refractivity contribution in [1.29, 1.82) is 0 Å². The molecular formula is C10H10ClFN2O2. The van der Waals surface area contributed by atoms with Crippen LogP contribution in [-0.4, -0.2) is 25.4 Å². The van der Waals surface area contributed by atoms with Crippen molar-refractivity contribution in [2.45, 2.75) is 0 Å². The van der Waals surface area contributed by atoms with Crippen LogP contribution in [0.2, 0.25) is 5.02 Å². The molecule has 0 aromatic heterocycles. The smallest absolute Gasteiger partial charge is 0.254 e. The summed E-state index contributed by atoms with van der Waals surface area (Å²) in [6.45, 7) is -0.207. The third-order valence-corrected chi connectivity index (χ3v) is 2.10. The quantitative estimate of drug-likeness (QED) is 0.832. The molecule has 86 valence electrons. The van der Waals surface area contributed by atoms with Gasteiger partial charge in [0.25, 0.3) is 5.91 Å². The maximum Gasteiger partial charge on any atom is 0.254 e. The van der Waals surface area contributed by atoms with Gasteiger partial charge in [-0.1, -0.05) is 11.6 Å². The van der Waals surface area contributed by atoms with Gasteiger partial charge in [-0.25, -0.2) is 4.39 Å². The maximum atomic E-state index is 13.2. The number of carbonyl (C=O) groups is 2. The first-order valence-corrected chi connectivity index (χ1v) is 4.86. The van der Waals surface area contributed by atoms with E-state index in [1.54, 1.807) is 0 Å². The van der Waals surface area contributed by atoms with E-state index >= 15 is 0 Å². The second kappa shape index (κ2) is 5.46. The number of carbonyl (C=O) groups excluding carboxylic acids is 2. The molecule has 1 rings (SSSR count). The predicted molar refractivity (Wildman–Crippen MR) is 57.8 cm³/mol. The van der Waals surface area contributed by atoms with Gasteiger partial charge in [0.05, 0.1) is 12.1 Å². The Morgan fingerprint density at radius 2 is 2.12 bits per heavy atom. The molecule has 0 aliphatic heterocycles. The second-order valence-electron chi connectivity index (χ2n) is 2.98. The van der Waals surface area contributed by atoms with Gasteiger partial charge < -0.3 is 10.6 Å². The Labute approximate surface area is 96.8 Å². The molecule has 2 amide bonds. The van der Waals surface area contributed by atoms with Gasteiger partial charge in [0.1, 0.15) is 5.82 Å². The molecule has 2 N–H and O–H groups in total. The number of hydrogen-bond acceptors (Lipinski definition) is 2. The summed E-state index contributed by atoms with van der Waals surface area (Å²) in [6.07, 6.45) is 0. The molecule has 0 spiro atoms. The van der Waals surface area contributed by atoms with Gasteiger partial charge in [0.2, 0.25) is 5.91 Å². The number of amides is 2. The highest BCUT2D eigenvalue weighted by Gasteiger charge is 2.12. The number of likely N-dealkylation sites (N-methyl/N-ethyl adjacent to an activating group) is 1. The van der Waals surface area contributed by atoms with Gasteiger partial charge in [0.15, 0.2) is 0 Å². The summed E-state index contributed by atoms with van der Waals surface area (Å²) in [4.78, 5) is 22.3. The molecule has 0 saturated carbocycles. The highest BCUT2D eigenvalue weighted by molar-refractivity contribution is 6.31. The van der Waals surface area contributed by atoms with Crippen molar-refractivity contribution < 1.29 is 14.0 Å². The lowest BCUT2D eigenvalue weighted by molar-refractivity contribution is -0.119. The molecule has 0 aliphatic rings. The van der Waals surface area contributed by atoms with E-state index in [4.69, 9.17) is 11.6 Å². The highest BCUT2D eigenvalue weighted by Crippen LogP contribution is 2.14. The largest absolute Gasteiger partial charge is 0.358 e. The first-order valence-electron chi connectivity index (χ1n) is 4.48. The first kappa shape index (κ1) is 12.4. The van der Waals surface area contributed by atoms with E-state index in [1.807, 2.05) is 0 Å². The van der Waals surface area contributed by atoms with Crippen molar-refractivity contribution in [3.8, 4) is 0 Å². The molecular weight excluding hydrogens is 235 g/mol. The summed E-state index contributed by atoms with van der Waals surface area (Å²) in [5, 5.41) is 4.85. The summed E-state index contributed by atoms with van der Waals surface area (Å²) in [6, 6.07) is 3.64. The van der Waals surface area contributed by atoms with Crippen molar-refractivity contribution >= 4 is 23.4 Å². The van der Waals surface area contributed by atoms with Crippen molar-refractivity contribution in [1.82, 2.24) is 10.6 Å². The minimum absolute atomic E-state index is 0.184. The zero-order valence-corrected chi connectivity index (χ0v) is 9.27. The average Bonchev–Trinajstić information content (AvgIpc) is 2.28. The van der Waals surface area contributed by atoms with Gasteiger partial charge in [-0.2, -0.15) is 0 Å². The lowest BCUT2D eigenvalue weighted by atomic mass is 10.2. The van der Waals surface area contributed by atoms with Crippen molar-refractivity contribution in [2.24, 2.45) is 0 Å². The van der Waals surface area contributed by atoms with Gasteiger partial charge in [-0.15, -0.1) is 0 Å². The van der Waals surface area contributed by atoms with Crippen LogP contribution >= 0.6 is 11.6 Å². The Bertz CT molecular complexity index is 423. The van der Waals surface area contributed by atoms with E-state index in [1.165, 1.54) is 19.2 Å². The summed E-state index contributed by atoms with van der Waals surface area (Å²) in [5.74, 6) is -1.72. The molecule has 1 aromatic carbocycles. The van der Waals surface area contributed by atoms with Crippen LogP contribution in [0.4, 0.5) is 4.39 Å². The van der Waals surface area contributed by atoms with E-state index in [0.29, 0.717) is 0 Å². The normalized spacial score (nSPS) is 9.69. The molecule has 0 fully saturated rings. The summed E-state index contributed by atoms with van der Waals surface area (Å²) in [5.41, 5.74) is -0.184. The summed E-state index contributed by atoms with van der Waals surface area (Å²) >= 11 is 5.62. The third kappa shape index (κ3) is 3.20. The Morgan fingerprint density at radius 3 is 2.75 bits per heavy atom. The van der Waals surface area contributed by atoms with Crippen LogP contribution in [0.15, 0.2) is 18.2 Å². The predicted octanol–water partition coefficient (Wildman–Crippen LogP) is 0.955. The van der Waals surface area contributed by atoms with E-state index in [0.717, 1.165) is 6.07 Å². The van der Waals surface area contributed by atoms with Gasteiger partial charge >= 0.3 is 0 Å². The minimum atomic E-state index is -0.682. The Balaban J connectivity index is 2.73. The fraction of sp³-hybridized carbons (Fsp3) is 0.200. The lowest BCUT2D eigenvalue weighted by Gasteiger charge is -2.05. The number of benzene rings is 1. The molecule has 6 heteroatoms. The summed E-state index contributed by atoms with van der Waals surface area (Å²) in [7, 11) is 1.44. The SMILES string of the molecule is CNC(=O)CNC(=O)c1cc(Cl)ccc1F. The monoisotopic (exact) mass is 244 g/mol. The van der Waals surface area contributed by atoms with Gasteiger partial charge in [0, 0.05) is 12.1 Å². The summed E-state index contributed by atoms with van der Waals surface area (Å²) < 4.78 is 13.2. The lowest BCUT2D eigenvalue weighted by Crippen LogP contribution is -2.35. The van der Waals surface area contributed by atoms with Crippen molar-refractivity contribution in [2.75, 3.05) is 13.6 Å². The number of halogens is 2. The average molecular weight is 245 g/mol. The van der Waals surface area contributed by atoms with E-state index in [9.17, 15) is 14.0 Å². The maximum absolute atomic E-state index is 13.2. The van der Waals surface area contributed by atoms with Crippen LogP contribution in [0.25, 0.3) is 0 Å². The van der Waals surface area contributed by atoms with Crippen LogP contribution in [0.1, 0.15) is 10.4 Å². The topological polar surface area (TPSA) is 58.2 Å².